The summed E-state index contributed by atoms with van der Waals surface area (Å²) in [6.07, 6.45) is 0. The van der Waals surface area contributed by atoms with Crippen LogP contribution >= 0.6 is 0 Å². The number of fused-ring (bicyclic) bond motifs is 9. The van der Waals surface area contributed by atoms with E-state index in [0.29, 0.717) is 33.6 Å². The minimum Gasteiger partial charge on any atom is -0.376 e. The van der Waals surface area contributed by atoms with Crippen LogP contribution < -0.4 is 15.7 Å². The molecule has 0 unspecified atom stereocenters. The minimum absolute atomic E-state index is 0.114. The second-order valence-corrected chi connectivity index (χ2v) is 14.5. The van der Waals surface area contributed by atoms with Gasteiger partial charge in [0.25, 0.3) is 0 Å². The van der Waals surface area contributed by atoms with E-state index >= 15 is 0 Å². The van der Waals surface area contributed by atoms with Gasteiger partial charge in [-0.05, 0) is 53.5 Å². The van der Waals surface area contributed by atoms with Crippen LogP contribution in [-0.2, 0) is 0 Å². The molecular formula is C51H33BN6. The Morgan fingerprint density at radius 3 is 1.74 bits per heavy atom. The van der Waals surface area contributed by atoms with Crippen molar-refractivity contribution in [3.63, 3.8) is 0 Å². The van der Waals surface area contributed by atoms with E-state index in [1.54, 1.807) is 4.57 Å². The van der Waals surface area contributed by atoms with Crippen LogP contribution in [0.2, 0.25) is 0 Å². The van der Waals surface area contributed by atoms with E-state index in [9.17, 15) is 1.37 Å². The van der Waals surface area contributed by atoms with Gasteiger partial charge in [-0.15, -0.1) is 0 Å². The quantitative estimate of drug-likeness (QED) is 0.165. The van der Waals surface area contributed by atoms with Crippen molar-refractivity contribution in [2.75, 3.05) is 4.81 Å². The monoisotopic (exact) mass is 744 g/mol. The first-order valence-corrected chi connectivity index (χ1v) is 19.3. The molecule has 0 spiro atoms. The van der Waals surface area contributed by atoms with Gasteiger partial charge in [0.1, 0.15) is 0 Å². The van der Waals surface area contributed by atoms with Crippen molar-refractivity contribution < 1.29 is 5.48 Å². The van der Waals surface area contributed by atoms with Crippen molar-refractivity contribution in [2.45, 2.75) is 0 Å². The molecule has 0 bridgehead atoms. The molecule has 8 aromatic carbocycles. The van der Waals surface area contributed by atoms with Gasteiger partial charge in [-0.1, -0.05) is 163 Å². The largest absolute Gasteiger partial charge is 0.376 e. The van der Waals surface area contributed by atoms with Crippen LogP contribution in [0.15, 0.2) is 200 Å². The van der Waals surface area contributed by atoms with E-state index in [0.717, 1.165) is 49.8 Å². The van der Waals surface area contributed by atoms with Gasteiger partial charge in [-0.2, -0.15) is 15.0 Å². The summed E-state index contributed by atoms with van der Waals surface area (Å²) < 4.78 is 39.4. The zero-order valence-electron chi connectivity index (χ0n) is 35.0. The molecule has 270 valence electrons. The predicted molar refractivity (Wildman–Crippen MR) is 239 cm³/mol. The number of hydrogen-bond acceptors (Lipinski definition) is 4. The van der Waals surface area contributed by atoms with Crippen LogP contribution in [0.5, 0.6) is 0 Å². The first-order chi connectivity index (χ1) is 30.5. The second kappa shape index (κ2) is 12.9. The molecule has 12 rings (SSSR count). The van der Waals surface area contributed by atoms with Gasteiger partial charge >= 0.3 is 6.85 Å². The van der Waals surface area contributed by atoms with Gasteiger partial charge < -0.3 is 4.81 Å². The Bertz CT molecular complexity index is 3570. The molecule has 58 heavy (non-hydrogen) atoms. The Morgan fingerprint density at radius 1 is 0.448 bits per heavy atom. The second-order valence-electron chi connectivity index (χ2n) is 14.5. The topological polar surface area (TPSA) is 51.8 Å². The third-order valence-corrected chi connectivity index (χ3v) is 11.4. The number of hydrogen-bond donors (Lipinski definition) is 0. The molecule has 0 atom stereocenters. The first kappa shape index (κ1) is 28.6. The van der Waals surface area contributed by atoms with Crippen LogP contribution in [-0.4, -0.2) is 30.9 Å². The van der Waals surface area contributed by atoms with E-state index in [4.69, 9.17) is 19.1 Å². The lowest BCUT2D eigenvalue weighted by Crippen LogP contribution is -2.57. The van der Waals surface area contributed by atoms with Gasteiger partial charge in [0.15, 0.2) is 5.82 Å². The highest BCUT2D eigenvalue weighted by atomic mass is 15.3. The number of aromatic nitrogens is 5. The van der Waals surface area contributed by atoms with E-state index in [2.05, 4.69) is 119 Å². The van der Waals surface area contributed by atoms with E-state index in [1.807, 2.05) is 66.7 Å². The number of benzene rings is 8. The molecule has 4 heterocycles. The fourth-order valence-electron chi connectivity index (χ4n) is 8.92. The minimum atomic E-state index is -0.326. The molecule has 11 aromatic rings. The summed E-state index contributed by atoms with van der Waals surface area (Å²) in [6.45, 7) is -0.132. The Morgan fingerprint density at radius 2 is 1.02 bits per heavy atom. The molecule has 0 aliphatic carbocycles. The lowest BCUT2D eigenvalue weighted by molar-refractivity contribution is 0.893. The van der Waals surface area contributed by atoms with E-state index in [-0.39, 0.29) is 37.0 Å². The Hall–Kier alpha value is -7.77. The number of para-hydroxylation sites is 5. The maximum atomic E-state index is 9.22. The van der Waals surface area contributed by atoms with E-state index < -0.39 is 0 Å². The van der Waals surface area contributed by atoms with Crippen LogP contribution in [0.25, 0.3) is 78.0 Å². The van der Waals surface area contributed by atoms with Gasteiger partial charge in [0, 0.05) is 44.0 Å². The van der Waals surface area contributed by atoms with Gasteiger partial charge in [0.2, 0.25) is 11.9 Å². The maximum Gasteiger partial charge on any atom is 0.328 e. The fourth-order valence-corrected chi connectivity index (χ4v) is 8.92. The van der Waals surface area contributed by atoms with Crippen LogP contribution in [0, 0.1) is 0 Å². The Labute approximate surface area is 340 Å². The standard InChI is InChI=1S/C51H33BN6/c1-2-18-35(19-3-1)52-43-27-10-4-21-37(43)38-22-9-15-32-48(38)58(52)36-20-16-17-34(33-36)49-53-50(56-44-28-11-5-23-39(44)40-24-6-12-29-45(40)56)55-51(54-49)57-46-30-13-7-25-41(46)42-26-8-14-31-47(42)57/h1-33H/i5D,11D,23D,28D. The average molecular weight is 745 g/mol. The van der Waals surface area contributed by atoms with Gasteiger partial charge in [-0.25, -0.2) is 0 Å². The van der Waals surface area contributed by atoms with Crippen molar-refractivity contribution in [3.05, 3.63) is 200 Å². The molecule has 0 N–H and O–H groups in total. The third-order valence-electron chi connectivity index (χ3n) is 11.4. The summed E-state index contributed by atoms with van der Waals surface area (Å²) in [6, 6.07) is 59.1. The zero-order chi connectivity index (χ0) is 41.6. The SMILES string of the molecule is [2H]c1c([2H])c([2H])c2c(c1[2H])c1ccccc1n2-c1nc(-c2cccc(N3B(c4ccccc4)c4ccccc4-c4ccccc43)c2)nc(-n2c3ccccc3c3ccccc32)n1. The lowest BCUT2D eigenvalue weighted by Gasteiger charge is -2.39. The van der Waals surface area contributed by atoms with Crippen molar-refractivity contribution >= 4 is 72.8 Å². The summed E-state index contributed by atoms with van der Waals surface area (Å²) in [5.41, 5.74) is 10.3. The highest BCUT2D eigenvalue weighted by Gasteiger charge is 2.37. The van der Waals surface area contributed by atoms with Crippen LogP contribution in [0.1, 0.15) is 5.48 Å². The Kier molecular flexibility index (Phi) is 6.36. The molecular weight excluding hydrogens is 707 g/mol. The summed E-state index contributed by atoms with van der Waals surface area (Å²) in [5.74, 6) is 1.01. The molecule has 6 nitrogen and oxygen atoms in total. The van der Waals surface area contributed by atoms with Crippen LogP contribution in [0.4, 0.5) is 11.4 Å². The normalized spacial score (nSPS) is 13.4. The molecule has 0 fully saturated rings. The molecule has 0 saturated carbocycles. The zero-order valence-corrected chi connectivity index (χ0v) is 31.0. The molecule has 1 aliphatic heterocycles. The summed E-state index contributed by atoms with van der Waals surface area (Å²) in [7, 11) is 0. The predicted octanol–water partition coefficient (Wildman–Crippen LogP) is 10.7. The molecule has 0 radical (unpaired) electrons. The fraction of sp³-hybridized carbons (Fsp3) is 0. The number of nitrogens with zero attached hydrogens (tertiary/aromatic N) is 6. The Balaban J connectivity index is 1.14. The summed E-state index contributed by atoms with van der Waals surface area (Å²) in [5, 5.41) is 3.18. The molecule has 7 heteroatoms. The molecule has 3 aromatic heterocycles. The van der Waals surface area contributed by atoms with Crippen molar-refractivity contribution in [3.8, 4) is 34.4 Å². The smallest absolute Gasteiger partial charge is 0.328 e. The number of anilines is 2. The van der Waals surface area contributed by atoms with Crippen LogP contribution in [0.3, 0.4) is 0 Å². The van der Waals surface area contributed by atoms with Gasteiger partial charge in [0.05, 0.1) is 27.5 Å². The maximum absolute atomic E-state index is 9.22. The van der Waals surface area contributed by atoms with Gasteiger partial charge in [-0.3, -0.25) is 9.13 Å². The number of rotatable bonds is 5. The summed E-state index contributed by atoms with van der Waals surface area (Å²) in [4.78, 5) is 18.2. The van der Waals surface area contributed by atoms with Crippen molar-refractivity contribution in [1.82, 2.24) is 24.1 Å². The first-order valence-electron chi connectivity index (χ1n) is 21.3. The highest BCUT2D eigenvalue weighted by molar-refractivity contribution is 6.90. The third kappa shape index (κ3) is 4.90. The highest BCUT2D eigenvalue weighted by Crippen LogP contribution is 2.41. The molecule has 1 aliphatic rings. The van der Waals surface area contributed by atoms with Crippen molar-refractivity contribution in [1.29, 1.82) is 0 Å². The summed E-state index contributed by atoms with van der Waals surface area (Å²) >= 11 is 0. The average Bonchev–Trinajstić information content (AvgIpc) is 3.86. The van der Waals surface area contributed by atoms with E-state index in [1.165, 1.54) is 11.0 Å². The lowest BCUT2D eigenvalue weighted by atomic mass is 9.46. The van der Waals surface area contributed by atoms with Crippen molar-refractivity contribution in [2.24, 2.45) is 0 Å². The molecule has 0 amide bonds. The molecule has 0 saturated heterocycles.